The molecule has 0 aromatic rings. The van der Waals surface area contributed by atoms with Crippen molar-refractivity contribution in [2.45, 2.75) is 58.2 Å². The fourth-order valence-corrected chi connectivity index (χ4v) is 1.67. The van der Waals surface area contributed by atoms with Crippen molar-refractivity contribution in [3.05, 3.63) is 0 Å². The molecule has 0 fully saturated rings. The van der Waals surface area contributed by atoms with Gasteiger partial charge >= 0.3 is 8.03 Å². The number of aliphatic hydroxyl groups excluding tert-OH is 1. The van der Waals surface area contributed by atoms with Crippen molar-refractivity contribution in [1.82, 2.24) is 0 Å². The summed E-state index contributed by atoms with van der Waals surface area (Å²) in [5, 5.41) is 8.88. The van der Waals surface area contributed by atoms with Gasteiger partial charge in [-0.1, -0.05) is 39.0 Å². The second kappa shape index (κ2) is 9.57. The van der Waals surface area contributed by atoms with E-state index in [4.69, 9.17) is 9.63 Å². The molecular weight excluding hydrogens is 199 g/mol. The summed E-state index contributed by atoms with van der Waals surface area (Å²) >= 11 is 0. The summed E-state index contributed by atoms with van der Waals surface area (Å²) in [5.41, 5.74) is 0. The van der Waals surface area contributed by atoms with Crippen LogP contribution in [0, 0.1) is 0 Å². The number of rotatable bonds is 9. The minimum Gasteiger partial charge on any atom is -0.349 e. The van der Waals surface area contributed by atoms with E-state index < -0.39 is 13.9 Å². The number of hydrogen-bond donors (Lipinski definition) is 1. The molecule has 0 rings (SSSR count). The second-order valence-electron chi connectivity index (χ2n) is 3.52. The van der Waals surface area contributed by atoms with E-state index in [1.54, 1.807) is 0 Å². The lowest BCUT2D eigenvalue weighted by Crippen LogP contribution is -1.96. The lowest BCUT2D eigenvalue weighted by molar-refractivity contribution is 0.230. The largest absolute Gasteiger partial charge is 0.539 e. The standard InChI is InChI=1S/C10H22O3P/c1-3-4-5-6-7-8-9-13-14(12)10(2)11/h10-11H,3-9H2,1-2H3/q+1. The first-order valence-corrected chi connectivity index (χ1v) is 6.70. The fourth-order valence-electron chi connectivity index (χ4n) is 1.14. The van der Waals surface area contributed by atoms with Crippen molar-refractivity contribution in [3.8, 4) is 0 Å². The van der Waals surface area contributed by atoms with Crippen LogP contribution in [0.4, 0.5) is 0 Å². The van der Waals surface area contributed by atoms with Gasteiger partial charge in [-0.25, -0.2) is 0 Å². The molecule has 0 aromatic heterocycles. The molecule has 14 heavy (non-hydrogen) atoms. The number of hydrogen-bond acceptors (Lipinski definition) is 3. The van der Waals surface area contributed by atoms with Gasteiger partial charge in [0, 0.05) is 6.92 Å². The average Bonchev–Trinajstić information content (AvgIpc) is 2.16. The van der Waals surface area contributed by atoms with E-state index >= 15 is 0 Å². The predicted molar refractivity (Wildman–Crippen MR) is 58.6 cm³/mol. The summed E-state index contributed by atoms with van der Waals surface area (Å²) in [7, 11) is -1.86. The zero-order valence-electron chi connectivity index (χ0n) is 9.24. The van der Waals surface area contributed by atoms with Crippen molar-refractivity contribution in [2.24, 2.45) is 0 Å². The van der Waals surface area contributed by atoms with Crippen LogP contribution in [0.15, 0.2) is 0 Å². The van der Waals surface area contributed by atoms with Gasteiger partial charge < -0.3 is 5.11 Å². The highest BCUT2D eigenvalue weighted by Crippen LogP contribution is 2.27. The van der Waals surface area contributed by atoms with E-state index in [0.717, 1.165) is 12.8 Å². The second-order valence-corrected chi connectivity index (χ2v) is 5.09. The highest BCUT2D eigenvalue weighted by atomic mass is 31.1. The van der Waals surface area contributed by atoms with Crippen LogP contribution in [0.5, 0.6) is 0 Å². The van der Waals surface area contributed by atoms with Crippen molar-refractivity contribution in [3.63, 3.8) is 0 Å². The molecule has 2 atom stereocenters. The van der Waals surface area contributed by atoms with Gasteiger partial charge in [0.2, 0.25) is 0 Å². The molecule has 0 saturated heterocycles. The molecule has 0 aromatic carbocycles. The first-order chi connectivity index (χ1) is 6.68. The van der Waals surface area contributed by atoms with Gasteiger partial charge in [-0.15, -0.1) is 4.52 Å². The Morgan fingerprint density at radius 1 is 1.21 bits per heavy atom. The number of unbranched alkanes of at least 4 members (excludes halogenated alkanes) is 5. The molecule has 3 nitrogen and oxygen atoms in total. The topological polar surface area (TPSA) is 46.5 Å². The first kappa shape index (κ1) is 14.0. The monoisotopic (exact) mass is 221 g/mol. The summed E-state index contributed by atoms with van der Waals surface area (Å²) in [4.78, 5) is 0. The van der Waals surface area contributed by atoms with Crippen LogP contribution in [0.25, 0.3) is 0 Å². The molecule has 0 amide bonds. The third-order valence-electron chi connectivity index (χ3n) is 2.02. The molecule has 0 heterocycles. The molecule has 0 aliphatic rings. The first-order valence-electron chi connectivity index (χ1n) is 5.45. The van der Waals surface area contributed by atoms with E-state index in [1.807, 2.05) is 0 Å². The minimum absolute atomic E-state index is 0.506. The van der Waals surface area contributed by atoms with E-state index in [9.17, 15) is 4.57 Å². The van der Waals surface area contributed by atoms with Crippen molar-refractivity contribution < 1.29 is 14.2 Å². The lowest BCUT2D eigenvalue weighted by atomic mass is 10.1. The molecule has 1 N–H and O–H groups in total. The van der Waals surface area contributed by atoms with Gasteiger partial charge in [0.15, 0.2) is 0 Å². The normalized spacial score (nSPS) is 14.1. The van der Waals surface area contributed by atoms with E-state index in [1.165, 1.54) is 32.6 Å². The Labute approximate surface area is 87.7 Å². The number of aliphatic hydroxyl groups is 1. The van der Waals surface area contributed by atoms with E-state index in [0.29, 0.717) is 6.61 Å². The molecule has 2 unspecified atom stereocenters. The summed E-state index contributed by atoms with van der Waals surface area (Å²) in [6.45, 7) is 4.18. The highest BCUT2D eigenvalue weighted by Gasteiger charge is 2.24. The Morgan fingerprint density at radius 2 is 1.79 bits per heavy atom. The summed E-state index contributed by atoms with van der Waals surface area (Å²) in [6.07, 6.45) is 7.12. The van der Waals surface area contributed by atoms with Gasteiger partial charge in [0.25, 0.3) is 5.85 Å². The predicted octanol–water partition coefficient (Wildman–Crippen LogP) is 3.44. The van der Waals surface area contributed by atoms with Crippen molar-refractivity contribution in [1.29, 1.82) is 0 Å². The van der Waals surface area contributed by atoms with Gasteiger partial charge in [0.1, 0.15) is 6.61 Å². The highest BCUT2D eigenvalue weighted by molar-refractivity contribution is 7.39. The van der Waals surface area contributed by atoms with Gasteiger partial charge in [-0.05, 0) is 11.0 Å². The summed E-state index contributed by atoms with van der Waals surface area (Å²) < 4.78 is 15.9. The summed E-state index contributed by atoms with van der Waals surface area (Å²) in [5.74, 6) is -0.843. The van der Waals surface area contributed by atoms with Crippen LogP contribution in [-0.2, 0) is 9.09 Å². The molecule has 0 saturated carbocycles. The zero-order valence-corrected chi connectivity index (χ0v) is 10.1. The maximum atomic E-state index is 11.0. The Hall–Kier alpha value is 0.0200. The average molecular weight is 221 g/mol. The Bertz CT molecular complexity index is 148. The fraction of sp³-hybridized carbons (Fsp3) is 1.00. The van der Waals surface area contributed by atoms with Crippen LogP contribution >= 0.6 is 8.03 Å². The third kappa shape index (κ3) is 8.61. The quantitative estimate of drug-likeness (QED) is 0.479. The van der Waals surface area contributed by atoms with Crippen LogP contribution in [0.3, 0.4) is 0 Å². The molecular formula is C10H22O3P+. The van der Waals surface area contributed by atoms with Crippen LogP contribution in [0.2, 0.25) is 0 Å². The lowest BCUT2D eigenvalue weighted by Gasteiger charge is -1.97. The molecule has 0 radical (unpaired) electrons. The molecule has 4 heteroatoms. The SMILES string of the molecule is CCCCCCCCO[P+](=O)C(C)O. The van der Waals surface area contributed by atoms with Gasteiger partial charge in [-0.3, -0.25) is 0 Å². The molecule has 0 aliphatic carbocycles. The van der Waals surface area contributed by atoms with Gasteiger partial charge in [0.05, 0.1) is 0 Å². The Balaban J connectivity index is 3.10. The van der Waals surface area contributed by atoms with Gasteiger partial charge in [-0.2, -0.15) is 0 Å². The van der Waals surface area contributed by atoms with Crippen LogP contribution in [-0.4, -0.2) is 17.6 Å². The maximum Gasteiger partial charge on any atom is 0.539 e. The molecule has 0 spiro atoms. The van der Waals surface area contributed by atoms with E-state index in [-0.39, 0.29) is 0 Å². The van der Waals surface area contributed by atoms with Crippen LogP contribution < -0.4 is 0 Å². The molecule has 0 bridgehead atoms. The molecule has 84 valence electrons. The third-order valence-corrected chi connectivity index (χ3v) is 3.07. The Morgan fingerprint density at radius 3 is 2.36 bits per heavy atom. The van der Waals surface area contributed by atoms with E-state index in [2.05, 4.69) is 6.92 Å². The molecule has 0 aliphatic heterocycles. The summed E-state index contributed by atoms with van der Waals surface area (Å²) in [6, 6.07) is 0. The van der Waals surface area contributed by atoms with Crippen molar-refractivity contribution in [2.75, 3.05) is 6.61 Å². The maximum absolute atomic E-state index is 11.0. The minimum atomic E-state index is -1.86. The zero-order chi connectivity index (χ0) is 10.8. The van der Waals surface area contributed by atoms with Crippen LogP contribution in [0.1, 0.15) is 52.4 Å². The Kier molecular flexibility index (Phi) is 9.58. The smallest absolute Gasteiger partial charge is 0.349 e. The van der Waals surface area contributed by atoms with Crippen molar-refractivity contribution >= 4 is 8.03 Å².